The number of ether oxygens (including phenoxy) is 4. The fraction of sp³-hybridized carbons (Fsp3) is 0.360. The molecule has 2 aliphatic heterocycles. The molecule has 2 aliphatic rings. The first-order valence-corrected chi connectivity index (χ1v) is 10.7. The number of aliphatic hydroxyl groups is 1. The second-order valence-corrected chi connectivity index (χ2v) is 7.93. The van der Waals surface area contributed by atoms with Crippen LogP contribution in [0.2, 0.25) is 0 Å². The number of benzene rings is 2. The van der Waals surface area contributed by atoms with Gasteiger partial charge in [0.1, 0.15) is 11.5 Å². The fourth-order valence-corrected chi connectivity index (χ4v) is 4.35. The van der Waals surface area contributed by atoms with Crippen LogP contribution in [0, 0.1) is 0 Å². The van der Waals surface area contributed by atoms with Gasteiger partial charge in [-0.3, -0.25) is 9.59 Å². The average Bonchev–Trinajstić information content (AvgIpc) is 3.45. The summed E-state index contributed by atoms with van der Waals surface area (Å²) in [4.78, 5) is 27.7. The Morgan fingerprint density at radius 3 is 2.36 bits per heavy atom. The van der Waals surface area contributed by atoms with Crippen molar-refractivity contribution in [1.82, 2.24) is 4.90 Å². The highest BCUT2D eigenvalue weighted by Gasteiger charge is 2.47. The van der Waals surface area contributed by atoms with E-state index in [-0.39, 0.29) is 24.0 Å². The summed E-state index contributed by atoms with van der Waals surface area (Å²) in [6, 6.07) is 11.2. The number of carbonyl (C=O) groups excluding carboxylic acids is 2. The van der Waals surface area contributed by atoms with Crippen LogP contribution in [0.4, 0.5) is 0 Å². The molecule has 174 valence electrons. The molecule has 2 unspecified atom stereocenters. The standard InChI is InChI=1S/C25H27NO7/c1-30-17-9-6-15(7-10-17)22-21(23(27)16-8-11-19(31-2)20(13-16)32-3)24(28)25(29)26(22)14-18-5-4-12-33-18/h6-11,13,18,22,27H,4-5,12,14H2,1-3H3/b23-21-. The zero-order valence-corrected chi connectivity index (χ0v) is 18.9. The van der Waals surface area contributed by atoms with Gasteiger partial charge in [-0.2, -0.15) is 0 Å². The average molecular weight is 453 g/mol. The highest BCUT2D eigenvalue weighted by Crippen LogP contribution is 2.41. The summed E-state index contributed by atoms with van der Waals surface area (Å²) < 4.78 is 21.6. The highest BCUT2D eigenvalue weighted by atomic mass is 16.5. The third-order valence-corrected chi connectivity index (χ3v) is 6.05. The van der Waals surface area contributed by atoms with E-state index < -0.39 is 17.7 Å². The van der Waals surface area contributed by atoms with E-state index >= 15 is 0 Å². The normalized spacial score (nSPS) is 22.0. The second-order valence-electron chi connectivity index (χ2n) is 7.93. The summed E-state index contributed by atoms with van der Waals surface area (Å²) in [7, 11) is 4.56. The van der Waals surface area contributed by atoms with Crippen molar-refractivity contribution in [3.05, 3.63) is 59.2 Å². The minimum Gasteiger partial charge on any atom is -0.507 e. The fourth-order valence-electron chi connectivity index (χ4n) is 4.35. The van der Waals surface area contributed by atoms with Crippen molar-refractivity contribution in [2.75, 3.05) is 34.5 Å². The Labute approximate surface area is 192 Å². The summed E-state index contributed by atoms with van der Waals surface area (Å²) in [6.45, 7) is 0.900. The molecule has 4 rings (SSSR count). The van der Waals surface area contributed by atoms with Crippen molar-refractivity contribution in [1.29, 1.82) is 0 Å². The lowest BCUT2D eigenvalue weighted by Gasteiger charge is -2.27. The Morgan fingerprint density at radius 2 is 1.76 bits per heavy atom. The zero-order valence-electron chi connectivity index (χ0n) is 18.9. The van der Waals surface area contributed by atoms with Gasteiger partial charge in [0.2, 0.25) is 0 Å². The molecule has 0 radical (unpaired) electrons. The lowest BCUT2D eigenvalue weighted by molar-refractivity contribution is -0.140. The first kappa shape index (κ1) is 22.7. The summed E-state index contributed by atoms with van der Waals surface area (Å²) in [6.07, 6.45) is 1.58. The molecule has 8 nitrogen and oxygen atoms in total. The number of likely N-dealkylation sites (tertiary alicyclic amines) is 1. The van der Waals surface area contributed by atoms with Crippen LogP contribution in [0.15, 0.2) is 48.0 Å². The Kier molecular flexibility index (Phi) is 6.55. The largest absolute Gasteiger partial charge is 0.507 e. The number of ketones is 1. The van der Waals surface area contributed by atoms with Gasteiger partial charge in [-0.15, -0.1) is 0 Å². The summed E-state index contributed by atoms with van der Waals surface area (Å²) >= 11 is 0. The van der Waals surface area contributed by atoms with Crippen LogP contribution in [-0.2, 0) is 14.3 Å². The molecule has 2 heterocycles. The Morgan fingerprint density at radius 1 is 1.03 bits per heavy atom. The molecule has 33 heavy (non-hydrogen) atoms. The van der Waals surface area contributed by atoms with E-state index in [2.05, 4.69) is 0 Å². The lowest BCUT2D eigenvalue weighted by Crippen LogP contribution is -2.36. The molecule has 1 amide bonds. The molecule has 0 bridgehead atoms. The van der Waals surface area contributed by atoms with Crippen LogP contribution < -0.4 is 14.2 Å². The van der Waals surface area contributed by atoms with E-state index in [1.807, 2.05) is 0 Å². The third-order valence-electron chi connectivity index (χ3n) is 6.05. The number of aliphatic hydroxyl groups excluding tert-OH is 1. The SMILES string of the molecule is COc1ccc(C2/C(=C(/O)c3ccc(OC)c(OC)c3)C(=O)C(=O)N2CC2CCCO2)cc1. The smallest absolute Gasteiger partial charge is 0.295 e. The Balaban J connectivity index is 1.82. The third kappa shape index (κ3) is 4.26. The molecular formula is C25H27NO7. The number of hydrogen-bond donors (Lipinski definition) is 1. The topological polar surface area (TPSA) is 94.5 Å². The number of nitrogens with zero attached hydrogens (tertiary/aromatic N) is 1. The van der Waals surface area contributed by atoms with Crippen LogP contribution in [0.25, 0.3) is 5.76 Å². The van der Waals surface area contributed by atoms with Gasteiger partial charge < -0.3 is 29.0 Å². The van der Waals surface area contributed by atoms with Crippen LogP contribution >= 0.6 is 0 Å². The molecule has 1 N–H and O–H groups in total. The molecule has 0 spiro atoms. The first-order valence-electron chi connectivity index (χ1n) is 10.7. The van der Waals surface area contributed by atoms with Crippen molar-refractivity contribution < 1.29 is 33.6 Å². The van der Waals surface area contributed by atoms with E-state index in [0.29, 0.717) is 35.0 Å². The van der Waals surface area contributed by atoms with Gasteiger partial charge in [0.25, 0.3) is 11.7 Å². The molecule has 8 heteroatoms. The minimum absolute atomic E-state index is 0.0235. The molecule has 0 aliphatic carbocycles. The van der Waals surface area contributed by atoms with Crippen LogP contribution in [-0.4, -0.2) is 62.3 Å². The zero-order chi connectivity index (χ0) is 23.5. The maximum Gasteiger partial charge on any atom is 0.295 e. The Bertz CT molecular complexity index is 1070. The van der Waals surface area contributed by atoms with Gasteiger partial charge in [-0.25, -0.2) is 0 Å². The predicted molar refractivity (Wildman–Crippen MR) is 121 cm³/mol. The highest BCUT2D eigenvalue weighted by molar-refractivity contribution is 6.46. The van der Waals surface area contributed by atoms with Gasteiger partial charge in [0.05, 0.1) is 39.0 Å². The number of rotatable bonds is 7. The van der Waals surface area contributed by atoms with Gasteiger partial charge in [-0.05, 0) is 48.7 Å². The van der Waals surface area contributed by atoms with Gasteiger partial charge in [0.15, 0.2) is 11.5 Å². The molecule has 2 aromatic rings. The number of Topliss-reactive ketones (excluding diaryl/α,β-unsaturated/α-hetero) is 1. The molecular weight excluding hydrogens is 426 g/mol. The number of carbonyl (C=O) groups is 2. The molecule has 2 aromatic carbocycles. The van der Waals surface area contributed by atoms with Crippen molar-refractivity contribution in [3.8, 4) is 17.2 Å². The lowest BCUT2D eigenvalue weighted by atomic mass is 9.95. The quantitative estimate of drug-likeness (QED) is 0.390. The van der Waals surface area contributed by atoms with Crippen LogP contribution in [0.5, 0.6) is 17.2 Å². The number of amides is 1. The molecule has 2 fully saturated rings. The summed E-state index contributed by atoms with van der Waals surface area (Å²) in [5, 5.41) is 11.2. The molecule has 0 saturated carbocycles. The second kappa shape index (κ2) is 9.54. The van der Waals surface area contributed by atoms with Crippen molar-refractivity contribution in [3.63, 3.8) is 0 Å². The van der Waals surface area contributed by atoms with Gasteiger partial charge >= 0.3 is 0 Å². The monoisotopic (exact) mass is 453 g/mol. The van der Waals surface area contributed by atoms with Crippen molar-refractivity contribution in [2.24, 2.45) is 0 Å². The first-order chi connectivity index (χ1) is 16.0. The van der Waals surface area contributed by atoms with Crippen molar-refractivity contribution >= 4 is 17.4 Å². The molecule has 2 atom stereocenters. The maximum atomic E-state index is 13.2. The predicted octanol–water partition coefficient (Wildman–Crippen LogP) is 3.31. The van der Waals surface area contributed by atoms with Crippen LogP contribution in [0.1, 0.15) is 30.0 Å². The minimum atomic E-state index is -0.756. The summed E-state index contributed by atoms with van der Waals surface area (Å²) in [5.74, 6) is -0.134. The maximum absolute atomic E-state index is 13.2. The number of methoxy groups -OCH3 is 3. The molecule has 2 saturated heterocycles. The van der Waals surface area contributed by atoms with Crippen molar-refractivity contribution in [2.45, 2.75) is 25.0 Å². The van der Waals surface area contributed by atoms with Gasteiger partial charge in [0, 0.05) is 18.7 Å². The van der Waals surface area contributed by atoms with E-state index in [4.69, 9.17) is 18.9 Å². The van der Waals surface area contributed by atoms with E-state index in [1.54, 1.807) is 49.6 Å². The Hall–Kier alpha value is -3.52. The van der Waals surface area contributed by atoms with E-state index in [9.17, 15) is 14.7 Å². The van der Waals surface area contributed by atoms with Gasteiger partial charge in [-0.1, -0.05) is 12.1 Å². The summed E-state index contributed by atoms with van der Waals surface area (Å²) in [5.41, 5.74) is 1.06. The van der Waals surface area contributed by atoms with E-state index in [0.717, 1.165) is 12.8 Å². The number of hydrogen-bond acceptors (Lipinski definition) is 7. The van der Waals surface area contributed by atoms with E-state index in [1.165, 1.54) is 19.1 Å². The van der Waals surface area contributed by atoms with Crippen LogP contribution in [0.3, 0.4) is 0 Å². The molecule has 0 aromatic heterocycles.